The summed E-state index contributed by atoms with van der Waals surface area (Å²) < 4.78 is 0. The van der Waals surface area contributed by atoms with Crippen molar-refractivity contribution in [3.8, 4) is 0 Å². The van der Waals surface area contributed by atoms with Crippen molar-refractivity contribution in [2.75, 3.05) is 11.9 Å². The van der Waals surface area contributed by atoms with E-state index in [0.717, 1.165) is 25.1 Å². The number of aromatic nitrogens is 2. The molecule has 0 radical (unpaired) electrons. The second-order valence-corrected chi connectivity index (χ2v) is 5.99. The van der Waals surface area contributed by atoms with Crippen molar-refractivity contribution in [3.63, 3.8) is 0 Å². The van der Waals surface area contributed by atoms with Crippen molar-refractivity contribution in [1.82, 2.24) is 9.97 Å². The van der Waals surface area contributed by atoms with Crippen LogP contribution in [0, 0.1) is 5.92 Å². The Morgan fingerprint density at radius 2 is 2.17 bits per heavy atom. The van der Waals surface area contributed by atoms with E-state index in [9.17, 15) is 0 Å². The molecule has 0 spiro atoms. The number of anilines is 1. The number of rotatable bonds is 5. The molecule has 0 aromatic carbocycles. The summed E-state index contributed by atoms with van der Waals surface area (Å²) in [5.41, 5.74) is 8.36. The van der Waals surface area contributed by atoms with Gasteiger partial charge in [-0.2, -0.15) is 0 Å². The molecule has 0 saturated carbocycles. The molecule has 0 amide bonds. The SMILES string of the molecule is CC(C)CC(C)(CN)Nc1ncnc2c1CCC2. The fraction of sp³-hybridized carbons (Fsp3) is 0.714. The van der Waals surface area contributed by atoms with E-state index in [0.29, 0.717) is 12.5 Å². The lowest BCUT2D eigenvalue weighted by Gasteiger charge is -2.32. The van der Waals surface area contributed by atoms with Crippen LogP contribution < -0.4 is 11.1 Å². The summed E-state index contributed by atoms with van der Waals surface area (Å²) in [6.45, 7) is 7.24. The summed E-state index contributed by atoms with van der Waals surface area (Å²) in [5.74, 6) is 1.60. The van der Waals surface area contributed by atoms with Gasteiger partial charge in [0.25, 0.3) is 0 Å². The van der Waals surface area contributed by atoms with Crippen LogP contribution in [0.2, 0.25) is 0 Å². The van der Waals surface area contributed by atoms with E-state index in [1.165, 1.54) is 17.7 Å². The molecule has 2 rings (SSSR count). The Labute approximate surface area is 109 Å². The zero-order valence-corrected chi connectivity index (χ0v) is 11.7. The molecular formula is C14H24N4. The first kappa shape index (κ1) is 13.3. The van der Waals surface area contributed by atoms with E-state index < -0.39 is 0 Å². The monoisotopic (exact) mass is 248 g/mol. The van der Waals surface area contributed by atoms with E-state index in [4.69, 9.17) is 5.73 Å². The third kappa shape index (κ3) is 2.80. The zero-order chi connectivity index (χ0) is 13.2. The van der Waals surface area contributed by atoms with E-state index in [-0.39, 0.29) is 5.54 Å². The predicted molar refractivity (Wildman–Crippen MR) is 74.6 cm³/mol. The van der Waals surface area contributed by atoms with Crippen molar-refractivity contribution in [3.05, 3.63) is 17.6 Å². The van der Waals surface area contributed by atoms with Crippen LogP contribution >= 0.6 is 0 Å². The van der Waals surface area contributed by atoms with Crippen LogP contribution in [0.4, 0.5) is 5.82 Å². The molecule has 0 saturated heterocycles. The van der Waals surface area contributed by atoms with Crippen molar-refractivity contribution < 1.29 is 0 Å². The second kappa shape index (κ2) is 5.22. The molecule has 1 heterocycles. The molecule has 1 aromatic heterocycles. The van der Waals surface area contributed by atoms with Crippen LogP contribution in [0.25, 0.3) is 0 Å². The van der Waals surface area contributed by atoms with Crippen LogP contribution in [0.3, 0.4) is 0 Å². The van der Waals surface area contributed by atoms with Gasteiger partial charge in [0.05, 0.1) is 0 Å². The Balaban J connectivity index is 2.20. The summed E-state index contributed by atoms with van der Waals surface area (Å²) in [4.78, 5) is 8.77. The van der Waals surface area contributed by atoms with Crippen LogP contribution in [-0.4, -0.2) is 22.1 Å². The van der Waals surface area contributed by atoms with Gasteiger partial charge in [0, 0.05) is 23.3 Å². The zero-order valence-electron chi connectivity index (χ0n) is 11.7. The Morgan fingerprint density at radius 3 is 2.83 bits per heavy atom. The lowest BCUT2D eigenvalue weighted by atomic mass is 9.90. The minimum absolute atomic E-state index is 0.0844. The van der Waals surface area contributed by atoms with Gasteiger partial charge in [0.15, 0.2) is 0 Å². The summed E-state index contributed by atoms with van der Waals surface area (Å²) in [5, 5.41) is 3.56. The first-order valence-corrected chi connectivity index (χ1v) is 6.85. The molecule has 1 atom stereocenters. The normalized spacial score (nSPS) is 17.6. The molecule has 4 nitrogen and oxygen atoms in total. The van der Waals surface area contributed by atoms with E-state index in [1.807, 2.05) is 0 Å². The fourth-order valence-corrected chi connectivity index (χ4v) is 2.84. The lowest BCUT2D eigenvalue weighted by molar-refractivity contribution is 0.405. The first-order chi connectivity index (χ1) is 8.54. The highest BCUT2D eigenvalue weighted by Gasteiger charge is 2.26. The van der Waals surface area contributed by atoms with Gasteiger partial charge >= 0.3 is 0 Å². The van der Waals surface area contributed by atoms with Crippen molar-refractivity contribution in [2.45, 2.75) is 52.0 Å². The average Bonchev–Trinajstić information content (AvgIpc) is 2.77. The van der Waals surface area contributed by atoms with Crippen LogP contribution in [0.15, 0.2) is 6.33 Å². The Hall–Kier alpha value is -1.16. The van der Waals surface area contributed by atoms with Crippen LogP contribution in [0.5, 0.6) is 0 Å². The van der Waals surface area contributed by atoms with Gasteiger partial charge in [-0.3, -0.25) is 0 Å². The van der Waals surface area contributed by atoms with Gasteiger partial charge in [-0.15, -0.1) is 0 Å². The van der Waals surface area contributed by atoms with Gasteiger partial charge in [-0.25, -0.2) is 9.97 Å². The minimum atomic E-state index is -0.0844. The van der Waals surface area contributed by atoms with Crippen LogP contribution in [-0.2, 0) is 12.8 Å². The minimum Gasteiger partial charge on any atom is -0.363 e. The van der Waals surface area contributed by atoms with Gasteiger partial charge in [-0.05, 0) is 38.5 Å². The second-order valence-electron chi connectivity index (χ2n) is 5.99. The maximum Gasteiger partial charge on any atom is 0.133 e. The number of nitrogens with one attached hydrogen (secondary N) is 1. The summed E-state index contributed by atoms with van der Waals surface area (Å²) >= 11 is 0. The number of hydrogen-bond acceptors (Lipinski definition) is 4. The first-order valence-electron chi connectivity index (χ1n) is 6.85. The number of hydrogen-bond donors (Lipinski definition) is 2. The number of fused-ring (bicyclic) bond motifs is 1. The third-order valence-electron chi connectivity index (χ3n) is 3.60. The smallest absolute Gasteiger partial charge is 0.133 e. The Bertz CT molecular complexity index is 416. The highest BCUT2D eigenvalue weighted by Crippen LogP contribution is 2.28. The van der Waals surface area contributed by atoms with E-state index in [1.54, 1.807) is 6.33 Å². The summed E-state index contributed by atoms with van der Waals surface area (Å²) in [6, 6.07) is 0. The standard InChI is InChI=1S/C14H24N4/c1-10(2)7-14(3,8-15)18-13-11-5-4-6-12(11)16-9-17-13/h9-10H,4-8,15H2,1-3H3,(H,16,17,18). The topological polar surface area (TPSA) is 63.8 Å². The molecule has 0 bridgehead atoms. The average molecular weight is 248 g/mol. The maximum atomic E-state index is 5.94. The number of aryl methyl sites for hydroxylation is 1. The van der Waals surface area contributed by atoms with E-state index >= 15 is 0 Å². The lowest BCUT2D eigenvalue weighted by Crippen LogP contribution is -2.44. The van der Waals surface area contributed by atoms with Gasteiger partial charge in [0.1, 0.15) is 12.1 Å². The Kier molecular flexibility index (Phi) is 3.85. The molecule has 0 fully saturated rings. The highest BCUT2D eigenvalue weighted by atomic mass is 15.1. The highest BCUT2D eigenvalue weighted by molar-refractivity contribution is 5.49. The van der Waals surface area contributed by atoms with Crippen LogP contribution in [0.1, 0.15) is 44.9 Å². The largest absolute Gasteiger partial charge is 0.363 e. The maximum absolute atomic E-state index is 5.94. The predicted octanol–water partition coefficient (Wildman–Crippen LogP) is 2.14. The van der Waals surface area contributed by atoms with Gasteiger partial charge in [0.2, 0.25) is 0 Å². The molecule has 1 aliphatic rings. The molecule has 100 valence electrons. The van der Waals surface area contributed by atoms with Gasteiger partial charge < -0.3 is 11.1 Å². The fourth-order valence-electron chi connectivity index (χ4n) is 2.84. The van der Waals surface area contributed by atoms with Crippen molar-refractivity contribution in [2.24, 2.45) is 11.7 Å². The van der Waals surface area contributed by atoms with Gasteiger partial charge in [-0.1, -0.05) is 13.8 Å². The molecular weight excluding hydrogens is 224 g/mol. The summed E-state index contributed by atoms with van der Waals surface area (Å²) in [6.07, 6.45) is 6.06. The van der Waals surface area contributed by atoms with Crippen molar-refractivity contribution >= 4 is 5.82 Å². The number of nitrogens with zero attached hydrogens (tertiary/aromatic N) is 2. The third-order valence-corrected chi connectivity index (χ3v) is 3.60. The molecule has 1 aromatic rings. The number of nitrogens with two attached hydrogens (primary N) is 1. The van der Waals surface area contributed by atoms with E-state index in [2.05, 4.69) is 36.1 Å². The molecule has 0 aliphatic heterocycles. The Morgan fingerprint density at radius 1 is 1.39 bits per heavy atom. The summed E-state index contributed by atoms with van der Waals surface area (Å²) in [7, 11) is 0. The van der Waals surface area contributed by atoms with Crippen molar-refractivity contribution in [1.29, 1.82) is 0 Å². The quantitative estimate of drug-likeness (QED) is 0.838. The molecule has 18 heavy (non-hydrogen) atoms. The molecule has 4 heteroatoms. The molecule has 1 unspecified atom stereocenters. The molecule has 3 N–H and O–H groups in total. The molecule has 1 aliphatic carbocycles.